The zero-order valence-electron chi connectivity index (χ0n) is 10.3. The molecule has 5 heteroatoms. The van der Waals surface area contributed by atoms with Crippen molar-refractivity contribution in [2.24, 2.45) is 11.8 Å². The Morgan fingerprint density at radius 1 is 1.41 bits per heavy atom. The molecule has 0 amide bonds. The van der Waals surface area contributed by atoms with Crippen LogP contribution in [0.15, 0.2) is 12.4 Å². The smallest absolute Gasteiger partial charge is 0.205 e. The fourth-order valence-corrected chi connectivity index (χ4v) is 2.97. The van der Waals surface area contributed by atoms with Gasteiger partial charge < -0.3 is 19.5 Å². The van der Waals surface area contributed by atoms with Gasteiger partial charge in [-0.1, -0.05) is 0 Å². The van der Waals surface area contributed by atoms with Gasteiger partial charge in [0.25, 0.3) is 0 Å². The summed E-state index contributed by atoms with van der Waals surface area (Å²) >= 11 is 0. The highest BCUT2D eigenvalue weighted by Crippen LogP contribution is 2.29. The molecule has 2 atom stereocenters. The van der Waals surface area contributed by atoms with Gasteiger partial charge in [-0.25, -0.2) is 4.98 Å². The van der Waals surface area contributed by atoms with E-state index in [1.807, 2.05) is 12.4 Å². The zero-order valence-corrected chi connectivity index (χ0v) is 10.3. The summed E-state index contributed by atoms with van der Waals surface area (Å²) in [6.07, 6.45) is 3.93. The van der Waals surface area contributed by atoms with E-state index in [0.717, 1.165) is 44.0 Å². The minimum atomic E-state index is 0.742. The van der Waals surface area contributed by atoms with Gasteiger partial charge in [-0.3, -0.25) is 0 Å². The van der Waals surface area contributed by atoms with Crippen molar-refractivity contribution < 1.29 is 4.74 Å². The van der Waals surface area contributed by atoms with Crippen molar-refractivity contribution in [3.05, 3.63) is 12.4 Å². The minimum Gasteiger partial charge on any atom is -0.383 e. The third-order valence-corrected chi connectivity index (χ3v) is 3.90. The highest BCUT2D eigenvalue weighted by molar-refractivity contribution is 5.34. The standard InChI is InChI=1S/C12H20N4O/c1-17-5-4-15-3-2-14-12(15)16-8-10-6-13-7-11(10)9-16/h2-3,10-11,13H,4-9H2,1H3. The molecule has 17 heavy (non-hydrogen) atoms. The lowest BCUT2D eigenvalue weighted by atomic mass is 10.0. The van der Waals surface area contributed by atoms with Crippen molar-refractivity contribution in [1.82, 2.24) is 14.9 Å². The lowest BCUT2D eigenvalue weighted by molar-refractivity contribution is 0.187. The van der Waals surface area contributed by atoms with E-state index < -0.39 is 0 Å². The van der Waals surface area contributed by atoms with Crippen LogP contribution in [0.4, 0.5) is 5.95 Å². The van der Waals surface area contributed by atoms with Gasteiger partial charge in [-0.2, -0.15) is 0 Å². The van der Waals surface area contributed by atoms with Crippen molar-refractivity contribution in [2.75, 3.05) is 44.8 Å². The van der Waals surface area contributed by atoms with Crippen molar-refractivity contribution in [3.63, 3.8) is 0 Å². The van der Waals surface area contributed by atoms with E-state index in [1.54, 1.807) is 7.11 Å². The number of fused-ring (bicyclic) bond motifs is 1. The van der Waals surface area contributed by atoms with Crippen LogP contribution in [0.3, 0.4) is 0 Å². The maximum atomic E-state index is 5.13. The van der Waals surface area contributed by atoms with Crippen LogP contribution in [0, 0.1) is 11.8 Å². The average Bonchev–Trinajstić information content (AvgIpc) is 2.99. The number of rotatable bonds is 4. The molecule has 2 aliphatic heterocycles. The Morgan fingerprint density at radius 3 is 2.88 bits per heavy atom. The molecule has 2 fully saturated rings. The van der Waals surface area contributed by atoms with Crippen LogP contribution in [-0.4, -0.2) is 49.4 Å². The summed E-state index contributed by atoms with van der Waals surface area (Å²) in [5, 5.41) is 3.47. The van der Waals surface area contributed by atoms with Gasteiger partial charge in [0.05, 0.1) is 6.61 Å². The fourth-order valence-electron chi connectivity index (χ4n) is 2.97. The van der Waals surface area contributed by atoms with Crippen LogP contribution in [0.2, 0.25) is 0 Å². The Kier molecular flexibility index (Phi) is 3.03. The second kappa shape index (κ2) is 4.66. The second-order valence-electron chi connectivity index (χ2n) is 5.00. The van der Waals surface area contributed by atoms with Gasteiger partial charge >= 0.3 is 0 Å². The van der Waals surface area contributed by atoms with E-state index in [0.29, 0.717) is 0 Å². The molecule has 5 nitrogen and oxygen atoms in total. The first kappa shape index (κ1) is 11.0. The first-order valence-electron chi connectivity index (χ1n) is 6.34. The number of anilines is 1. The van der Waals surface area contributed by atoms with E-state index in [1.165, 1.54) is 13.1 Å². The molecule has 1 aromatic heterocycles. The molecule has 0 radical (unpaired) electrons. The summed E-state index contributed by atoms with van der Waals surface area (Å²) in [6.45, 7) is 6.24. The Hall–Kier alpha value is -1.07. The third-order valence-electron chi connectivity index (χ3n) is 3.90. The molecule has 1 N–H and O–H groups in total. The number of nitrogens with zero attached hydrogens (tertiary/aromatic N) is 3. The van der Waals surface area contributed by atoms with Crippen molar-refractivity contribution >= 4 is 5.95 Å². The van der Waals surface area contributed by atoms with Crippen LogP contribution in [0.5, 0.6) is 0 Å². The first-order chi connectivity index (χ1) is 8.38. The topological polar surface area (TPSA) is 42.3 Å². The Balaban J connectivity index is 1.70. The molecule has 0 spiro atoms. The molecule has 2 saturated heterocycles. The summed E-state index contributed by atoms with van der Waals surface area (Å²) < 4.78 is 7.32. The molecule has 3 rings (SSSR count). The summed E-state index contributed by atoms with van der Waals surface area (Å²) in [5.74, 6) is 2.72. The lowest BCUT2D eigenvalue weighted by Gasteiger charge is -2.19. The Labute approximate surface area is 102 Å². The van der Waals surface area contributed by atoms with Crippen molar-refractivity contribution in [2.45, 2.75) is 6.54 Å². The number of ether oxygens (including phenoxy) is 1. The molecule has 0 saturated carbocycles. The number of aromatic nitrogens is 2. The molecule has 0 aliphatic carbocycles. The molecule has 2 unspecified atom stereocenters. The monoisotopic (exact) mass is 236 g/mol. The van der Waals surface area contributed by atoms with E-state index >= 15 is 0 Å². The normalized spacial score (nSPS) is 27.7. The maximum absolute atomic E-state index is 5.13. The number of hydrogen-bond acceptors (Lipinski definition) is 4. The Morgan fingerprint density at radius 2 is 2.18 bits per heavy atom. The quantitative estimate of drug-likeness (QED) is 0.810. The lowest BCUT2D eigenvalue weighted by Crippen LogP contribution is -2.28. The summed E-state index contributed by atoms with van der Waals surface area (Å²) in [4.78, 5) is 6.91. The predicted molar refractivity (Wildman–Crippen MR) is 66.2 cm³/mol. The van der Waals surface area contributed by atoms with E-state index in [9.17, 15) is 0 Å². The summed E-state index contributed by atoms with van der Waals surface area (Å²) in [6, 6.07) is 0. The minimum absolute atomic E-state index is 0.742. The van der Waals surface area contributed by atoms with Crippen molar-refractivity contribution in [1.29, 1.82) is 0 Å². The number of nitrogens with one attached hydrogen (secondary N) is 1. The molecule has 0 aromatic carbocycles. The molecular formula is C12H20N4O. The van der Waals surface area contributed by atoms with Gasteiger partial charge in [-0.05, 0) is 11.8 Å². The highest BCUT2D eigenvalue weighted by Gasteiger charge is 2.37. The maximum Gasteiger partial charge on any atom is 0.205 e. The van der Waals surface area contributed by atoms with Gasteiger partial charge in [0, 0.05) is 52.2 Å². The van der Waals surface area contributed by atoms with Crippen LogP contribution < -0.4 is 10.2 Å². The van der Waals surface area contributed by atoms with Crippen LogP contribution in [-0.2, 0) is 11.3 Å². The second-order valence-corrected chi connectivity index (χ2v) is 5.00. The van der Waals surface area contributed by atoms with Crippen molar-refractivity contribution in [3.8, 4) is 0 Å². The van der Waals surface area contributed by atoms with E-state index in [2.05, 4.69) is 19.8 Å². The van der Waals surface area contributed by atoms with Crippen LogP contribution in [0.25, 0.3) is 0 Å². The molecule has 94 valence electrons. The molecule has 0 bridgehead atoms. The van der Waals surface area contributed by atoms with Crippen LogP contribution in [0.1, 0.15) is 0 Å². The zero-order chi connectivity index (χ0) is 11.7. The highest BCUT2D eigenvalue weighted by atomic mass is 16.5. The van der Waals surface area contributed by atoms with E-state index in [4.69, 9.17) is 4.74 Å². The molecule has 2 aliphatic rings. The summed E-state index contributed by atoms with van der Waals surface area (Å²) in [5.41, 5.74) is 0. The van der Waals surface area contributed by atoms with Gasteiger partial charge in [-0.15, -0.1) is 0 Å². The van der Waals surface area contributed by atoms with Gasteiger partial charge in [0.15, 0.2) is 0 Å². The number of hydrogen-bond donors (Lipinski definition) is 1. The van der Waals surface area contributed by atoms with Gasteiger partial charge in [0.2, 0.25) is 5.95 Å². The van der Waals surface area contributed by atoms with E-state index in [-0.39, 0.29) is 0 Å². The number of imidazole rings is 1. The molecule has 1 aromatic rings. The molecular weight excluding hydrogens is 216 g/mol. The van der Waals surface area contributed by atoms with Crippen LogP contribution >= 0.6 is 0 Å². The first-order valence-corrected chi connectivity index (χ1v) is 6.34. The Bertz CT molecular complexity index is 366. The third kappa shape index (κ3) is 2.05. The predicted octanol–water partition coefficient (Wildman–Crippen LogP) is 0.185. The molecule has 3 heterocycles. The largest absolute Gasteiger partial charge is 0.383 e. The number of methoxy groups -OCH3 is 1. The fraction of sp³-hybridized carbons (Fsp3) is 0.750. The van der Waals surface area contributed by atoms with Gasteiger partial charge in [0.1, 0.15) is 0 Å². The average molecular weight is 236 g/mol. The summed E-state index contributed by atoms with van der Waals surface area (Å²) in [7, 11) is 1.74. The SMILES string of the molecule is COCCn1ccnc1N1CC2CNCC2C1.